The molecule has 1 amide bonds. The van der Waals surface area contributed by atoms with E-state index in [0.717, 1.165) is 28.6 Å². The topological polar surface area (TPSA) is 85.2 Å². The van der Waals surface area contributed by atoms with Gasteiger partial charge >= 0.3 is 5.97 Å². The Balaban J connectivity index is 2.44. The molecule has 1 N–H and O–H groups in total. The van der Waals surface area contributed by atoms with Crippen LogP contribution in [-0.2, 0) is 14.3 Å². The molecule has 27 heavy (non-hydrogen) atoms. The minimum absolute atomic E-state index is 0.0669. The van der Waals surface area contributed by atoms with E-state index in [2.05, 4.69) is 4.99 Å². The lowest BCUT2D eigenvalue weighted by atomic mass is 10.1. The molecule has 1 aliphatic rings. The van der Waals surface area contributed by atoms with Gasteiger partial charge in [-0.05, 0) is 49.6 Å². The van der Waals surface area contributed by atoms with Crippen LogP contribution in [0.5, 0.6) is 5.75 Å². The molecule has 2 rings (SSSR count). The molecule has 6 nitrogen and oxygen atoms in total. The average molecular weight is 389 g/mol. The van der Waals surface area contributed by atoms with E-state index in [-0.39, 0.29) is 35.3 Å². The van der Waals surface area contributed by atoms with Gasteiger partial charge in [0.05, 0.1) is 18.6 Å². The molecule has 7 heteroatoms. The van der Waals surface area contributed by atoms with Crippen LogP contribution in [0, 0.1) is 6.92 Å². The number of carbonyl (C=O) groups excluding carboxylic acids is 2. The summed E-state index contributed by atoms with van der Waals surface area (Å²) in [6, 6.07) is 5.57. The molecule has 0 fully saturated rings. The van der Waals surface area contributed by atoms with Crippen molar-refractivity contribution in [3.63, 3.8) is 0 Å². The summed E-state index contributed by atoms with van der Waals surface area (Å²) in [5, 5.41) is 10.7. The summed E-state index contributed by atoms with van der Waals surface area (Å²) >= 11 is 1.08. The SMILES string of the molecule is CCCC(=O)N=C1S/C(=C\c2ccc(OC)c(C)c2)C(O)=C1C(=O)OCC. The van der Waals surface area contributed by atoms with Crippen LogP contribution in [0.15, 0.2) is 39.4 Å². The summed E-state index contributed by atoms with van der Waals surface area (Å²) in [5.41, 5.74) is 1.70. The third-order valence-corrected chi connectivity index (χ3v) is 4.80. The summed E-state index contributed by atoms with van der Waals surface area (Å²) < 4.78 is 10.3. The van der Waals surface area contributed by atoms with Crippen molar-refractivity contribution in [3.8, 4) is 5.75 Å². The number of aliphatic hydroxyl groups is 1. The molecule has 0 saturated carbocycles. The largest absolute Gasteiger partial charge is 0.506 e. The van der Waals surface area contributed by atoms with E-state index in [4.69, 9.17) is 9.47 Å². The van der Waals surface area contributed by atoms with Gasteiger partial charge < -0.3 is 14.6 Å². The monoisotopic (exact) mass is 389 g/mol. The molecule has 0 radical (unpaired) electrons. The molecule has 0 aliphatic carbocycles. The number of aliphatic hydroxyl groups excluding tert-OH is 1. The van der Waals surface area contributed by atoms with E-state index < -0.39 is 5.97 Å². The van der Waals surface area contributed by atoms with Gasteiger partial charge in [-0.1, -0.05) is 24.8 Å². The number of ether oxygens (including phenoxy) is 2. The van der Waals surface area contributed by atoms with Crippen molar-refractivity contribution in [1.29, 1.82) is 0 Å². The van der Waals surface area contributed by atoms with Gasteiger partial charge in [-0.25, -0.2) is 9.79 Å². The number of amides is 1. The van der Waals surface area contributed by atoms with Crippen LogP contribution in [-0.4, -0.2) is 35.7 Å². The van der Waals surface area contributed by atoms with Crippen molar-refractivity contribution in [2.75, 3.05) is 13.7 Å². The van der Waals surface area contributed by atoms with Crippen LogP contribution in [0.4, 0.5) is 0 Å². The van der Waals surface area contributed by atoms with Crippen LogP contribution >= 0.6 is 11.8 Å². The Morgan fingerprint density at radius 2 is 2.04 bits per heavy atom. The van der Waals surface area contributed by atoms with Gasteiger partial charge in [-0.2, -0.15) is 0 Å². The Kier molecular flexibility index (Phi) is 7.24. The second-order valence-corrected chi connectivity index (χ2v) is 6.88. The van der Waals surface area contributed by atoms with Gasteiger partial charge in [0.25, 0.3) is 0 Å². The predicted molar refractivity (Wildman–Crippen MR) is 107 cm³/mol. The quantitative estimate of drug-likeness (QED) is 0.734. The molecule has 1 aromatic carbocycles. The lowest BCUT2D eigenvalue weighted by Crippen LogP contribution is -2.14. The number of esters is 1. The van der Waals surface area contributed by atoms with E-state index in [9.17, 15) is 14.7 Å². The van der Waals surface area contributed by atoms with Gasteiger partial charge in [0, 0.05) is 6.42 Å². The highest BCUT2D eigenvalue weighted by Crippen LogP contribution is 2.39. The molecule has 0 saturated heterocycles. The molecule has 0 unspecified atom stereocenters. The van der Waals surface area contributed by atoms with Gasteiger partial charge in [0.2, 0.25) is 5.91 Å². The van der Waals surface area contributed by atoms with E-state index in [1.807, 2.05) is 32.0 Å². The fraction of sp³-hybridized carbons (Fsp3) is 0.350. The van der Waals surface area contributed by atoms with Crippen LogP contribution in [0.1, 0.15) is 37.8 Å². The first-order valence-electron chi connectivity index (χ1n) is 8.68. The standard InChI is InChI=1S/C20H23NO5S/c1-5-7-16(22)21-19-17(20(24)26-6-2)18(23)15(27-19)11-13-8-9-14(25-4)12(3)10-13/h8-11,23H,5-7H2,1-4H3/b15-11-,21-19?. The number of benzene rings is 1. The Morgan fingerprint density at radius 1 is 1.30 bits per heavy atom. The summed E-state index contributed by atoms with van der Waals surface area (Å²) in [6.45, 7) is 5.62. The molecule has 1 aromatic rings. The van der Waals surface area contributed by atoms with Gasteiger partial charge in [0.1, 0.15) is 22.1 Å². The molecular formula is C20H23NO5S. The van der Waals surface area contributed by atoms with Crippen molar-refractivity contribution in [2.24, 2.45) is 4.99 Å². The highest BCUT2D eigenvalue weighted by Gasteiger charge is 2.33. The molecule has 1 aliphatic heterocycles. The molecule has 0 aromatic heterocycles. The van der Waals surface area contributed by atoms with Crippen molar-refractivity contribution in [3.05, 3.63) is 45.6 Å². The third-order valence-electron chi connectivity index (χ3n) is 3.78. The molecule has 0 atom stereocenters. The van der Waals surface area contributed by atoms with E-state index in [1.165, 1.54) is 0 Å². The second kappa shape index (κ2) is 9.41. The molecular weight excluding hydrogens is 366 g/mol. The maximum atomic E-state index is 12.3. The molecule has 0 spiro atoms. The number of methoxy groups -OCH3 is 1. The Hall–Kier alpha value is -2.54. The van der Waals surface area contributed by atoms with E-state index in [0.29, 0.717) is 11.3 Å². The number of aryl methyl sites for hydroxylation is 1. The summed E-state index contributed by atoms with van der Waals surface area (Å²) in [4.78, 5) is 28.6. The molecule has 144 valence electrons. The number of rotatable bonds is 6. The Bertz CT molecular complexity index is 839. The van der Waals surface area contributed by atoms with Crippen molar-refractivity contribution < 1.29 is 24.2 Å². The fourth-order valence-corrected chi connectivity index (χ4v) is 3.55. The zero-order valence-corrected chi connectivity index (χ0v) is 16.7. The number of carbonyl (C=O) groups is 2. The van der Waals surface area contributed by atoms with Gasteiger partial charge in [-0.3, -0.25) is 4.79 Å². The smallest absolute Gasteiger partial charge is 0.344 e. The second-order valence-electron chi connectivity index (χ2n) is 5.84. The maximum Gasteiger partial charge on any atom is 0.344 e. The zero-order chi connectivity index (χ0) is 20.0. The zero-order valence-electron chi connectivity index (χ0n) is 15.9. The molecule has 1 heterocycles. The minimum Gasteiger partial charge on any atom is -0.506 e. The van der Waals surface area contributed by atoms with Crippen LogP contribution in [0.25, 0.3) is 6.08 Å². The minimum atomic E-state index is -0.695. The van der Waals surface area contributed by atoms with Gasteiger partial charge in [0.15, 0.2) is 0 Å². The van der Waals surface area contributed by atoms with Crippen LogP contribution in [0.2, 0.25) is 0 Å². The van der Waals surface area contributed by atoms with Crippen molar-refractivity contribution >= 4 is 34.8 Å². The highest BCUT2D eigenvalue weighted by atomic mass is 32.2. The number of thioether (sulfide) groups is 1. The summed E-state index contributed by atoms with van der Waals surface area (Å²) in [5.74, 6) is -0.499. The summed E-state index contributed by atoms with van der Waals surface area (Å²) in [6.07, 6.45) is 2.66. The summed E-state index contributed by atoms with van der Waals surface area (Å²) in [7, 11) is 1.60. The number of nitrogens with zero attached hydrogens (tertiary/aromatic N) is 1. The number of hydrogen-bond donors (Lipinski definition) is 1. The average Bonchev–Trinajstić information content (AvgIpc) is 2.90. The normalized spacial score (nSPS) is 16.9. The Labute approximate surface area is 163 Å². The lowest BCUT2D eigenvalue weighted by molar-refractivity contribution is -0.138. The number of aliphatic imine (C=N–C) groups is 1. The highest BCUT2D eigenvalue weighted by molar-refractivity contribution is 8.18. The first-order valence-corrected chi connectivity index (χ1v) is 9.49. The first kappa shape index (κ1) is 20.8. The van der Waals surface area contributed by atoms with E-state index in [1.54, 1.807) is 20.1 Å². The predicted octanol–water partition coefficient (Wildman–Crippen LogP) is 4.19. The van der Waals surface area contributed by atoms with Crippen molar-refractivity contribution in [1.82, 2.24) is 0 Å². The number of hydrogen-bond acceptors (Lipinski definition) is 6. The van der Waals surface area contributed by atoms with E-state index >= 15 is 0 Å². The van der Waals surface area contributed by atoms with Crippen LogP contribution in [0.3, 0.4) is 0 Å². The maximum absolute atomic E-state index is 12.3. The molecule has 0 bridgehead atoms. The van der Waals surface area contributed by atoms with Crippen LogP contribution < -0.4 is 4.74 Å². The van der Waals surface area contributed by atoms with Crippen molar-refractivity contribution in [2.45, 2.75) is 33.6 Å². The first-order chi connectivity index (χ1) is 12.9. The third kappa shape index (κ3) is 5.01. The fourth-order valence-electron chi connectivity index (χ4n) is 2.52. The lowest BCUT2D eigenvalue weighted by Gasteiger charge is -2.05. The van der Waals surface area contributed by atoms with Gasteiger partial charge in [-0.15, -0.1) is 0 Å². The Morgan fingerprint density at radius 3 is 2.63 bits per heavy atom.